The van der Waals surface area contributed by atoms with Crippen molar-refractivity contribution >= 4 is 24.3 Å². The number of likely N-dealkylation sites (tertiary alicyclic amines) is 1. The van der Waals surface area contributed by atoms with Crippen molar-refractivity contribution in [2.45, 2.75) is 44.6 Å². The Balaban J connectivity index is 0.00000196. The maximum Gasteiger partial charge on any atom is 0.358 e. The number of amides is 1. The summed E-state index contributed by atoms with van der Waals surface area (Å²) in [5, 5.41) is 4.33. The van der Waals surface area contributed by atoms with Crippen LogP contribution < -0.4 is 5.73 Å². The lowest BCUT2D eigenvalue weighted by Gasteiger charge is -2.38. The smallest absolute Gasteiger partial charge is 0.358 e. The fourth-order valence-corrected chi connectivity index (χ4v) is 4.88. The van der Waals surface area contributed by atoms with E-state index in [1.807, 2.05) is 4.90 Å². The predicted molar refractivity (Wildman–Crippen MR) is 98.1 cm³/mol. The number of nitrogens with two attached hydrogens (primary N) is 1. The number of nitrogens with zero attached hydrogens (tertiary/aromatic N) is 3. The van der Waals surface area contributed by atoms with Gasteiger partial charge in [-0.05, 0) is 43.6 Å². The highest BCUT2D eigenvalue weighted by Gasteiger charge is 2.73. The van der Waals surface area contributed by atoms with Crippen LogP contribution in [0.5, 0.6) is 0 Å². The minimum atomic E-state index is -0.436. The molecule has 4 rings (SSSR count). The van der Waals surface area contributed by atoms with E-state index in [1.54, 1.807) is 16.9 Å². The molecular weight excluding hydrogens is 356 g/mol. The van der Waals surface area contributed by atoms with Gasteiger partial charge >= 0.3 is 5.97 Å². The molecule has 2 atom stereocenters. The lowest BCUT2D eigenvalue weighted by Crippen LogP contribution is -2.48. The molecule has 1 spiro atoms. The topological polar surface area (TPSA) is 90.5 Å². The lowest BCUT2D eigenvalue weighted by molar-refractivity contribution is -0.140. The molecule has 26 heavy (non-hydrogen) atoms. The number of halogens is 1. The third-order valence-electron chi connectivity index (χ3n) is 6.66. The fourth-order valence-electron chi connectivity index (χ4n) is 4.88. The van der Waals surface area contributed by atoms with Crippen molar-refractivity contribution in [1.82, 2.24) is 14.7 Å². The van der Waals surface area contributed by atoms with Gasteiger partial charge in [0.2, 0.25) is 5.91 Å². The largest absolute Gasteiger partial charge is 0.464 e. The number of aromatic nitrogens is 2. The molecule has 0 bridgehead atoms. The molecule has 2 saturated carbocycles. The van der Waals surface area contributed by atoms with E-state index < -0.39 is 5.97 Å². The molecule has 0 aromatic carbocycles. The number of esters is 1. The zero-order chi connectivity index (χ0) is 17.7. The number of methoxy groups -OCH3 is 1. The molecule has 1 amide bonds. The van der Waals surface area contributed by atoms with Crippen LogP contribution in [-0.2, 0) is 9.53 Å². The number of rotatable bonds is 4. The van der Waals surface area contributed by atoms with Crippen LogP contribution in [0.15, 0.2) is 12.3 Å². The maximum atomic E-state index is 13.2. The number of carbonyl (C=O) groups is 2. The summed E-state index contributed by atoms with van der Waals surface area (Å²) in [6, 6.07) is 1.76. The second-order valence-electron chi connectivity index (χ2n) is 7.82. The molecule has 2 N–H and O–H groups in total. The third-order valence-corrected chi connectivity index (χ3v) is 6.66. The van der Waals surface area contributed by atoms with Crippen LogP contribution in [0, 0.1) is 10.8 Å². The maximum absolute atomic E-state index is 13.2. The van der Waals surface area contributed by atoms with Crippen LogP contribution in [0.1, 0.15) is 55.1 Å². The lowest BCUT2D eigenvalue weighted by atomic mass is 9.74. The molecule has 2 aliphatic carbocycles. The summed E-state index contributed by atoms with van der Waals surface area (Å²) in [6.07, 6.45) is 8.17. The van der Waals surface area contributed by atoms with Crippen LogP contribution in [0.4, 0.5) is 0 Å². The van der Waals surface area contributed by atoms with Gasteiger partial charge in [-0.25, -0.2) is 4.79 Å². The number of piperidine rings is 1. The van der Waals surface area contributed by atoms with Gasteiger partial charge in [0, 0.05) is 25.8 Å². The third kappa shape index (κ3) is 2.72. The molecule has 3 fully saturated rings. The normalized spacial score (nSPS) is 28.8. The second kappa shape index (κ2) is 6.85. The zero-order valence-corrected chi connectivity index (χ0v) is 16.0. The minimum absolute atomic E-state index is 0. The van der Waals surface area contributed by atoms with E-state index in [2.05, 4.69) is 5.10 Å². The second-order valence-corrected chi connectivity index (χ2v) is 7.82. The quantitative estimate of drug-likeness (QED) is 0.801. The van der Waals surface area contributed by atoms with E-state index in [4.69, 9.17) is 10.5 Å². The van der Waals surface area contributed by atoms with Crippen LogP contribution in [0.2, 0.25) is 0 Å². The molecule has 144 valence electrons. The van der Waals surface area contributed by atoms with Gasteiger partial charge in [-0.3, -0.25) is 9.48 Å². The van der Waals surface area contributed by atoms with E-state index in [0.717, 1.165) is 38.6 Å². The average molecular weight is 383 g/mol. The monoisotopic (exact) mass is 382 g/mol. The highest BCUT2D eigenvalue weighted by Crippen LogP contribution is 2.74. The SMILES string of the molecule is COC(=O)c1ccn(C2CCCN(C(=O)C3(CN)CC34CCC4)C2)n1.Cl. The molecule has 2 unspecified atom stereocenters. The summed E-state index contributed by atoms with van der Waals surface area (Å²) >= 11 is 0. The van der Waals surface area contributed by atoms with E-state index in [0.29, 0.717) is 18.8 Å². The number of carbonyl (C=O) groups excluding carboxylic acids is 2. The van der Waals surface area contributed by atoms with Gasteiger partial charge < -0.3 is 15.4 Å². The van der Waals surface area contributed by atoms with Crippen molar-refractivity contribution in [1.29, 1.82) is 0 Å². The molecule has 0 radical (unpaired) electrons. The molecule has 1 aliphatic heterocycles. The molecule has 1 saturated heterocycles. The average Bonchev–Trinajstić information content (AvgIpc) is 3.11. The zero-order valence-electron chi connectivity index (χ0n) is 15.1. The van der Waals surface area contributed by atoms with Gasteiger partial charge in [-0.1, -0.05) is 6.42 Å². The van der Waals surface area contributed by atoms with E-state index >= 15 is 0 Å². The first-order valence-electron chi connectivity index (χ1n) is 9.18. The Hall–Kier alpha value is -1.60. The van der Waals surface area contributed by atoms with Crippen LogP contribution >= 0.6 is 12.4 Å². The molecule has 8 heteroatoms. The van der Waals surface area contributed by atoms with Gasteiger partial charge in [0.1, 0.15) is 0 Å². The summed E-state index contributed by atoms with van der Waals surface area (Å²) in [4.78, 5) is 26.8. The van der Waals surface area contributed by atoms with Crippen LogP contribution in [0.25, 0.3) is 0 Å². The number of ether oxygens (including phenoxy) is 1. The van der Waals surface area contributed by atoms with Crippen molar-refractivity contribution in [2.75, 3.05) is 26.7 Å². The van der Waals surface area contributed by atoms with Gasteiger partial charge in [0.15, 0.2) is 5.69 Å². The Morgan fingerprint density at radius 1 is 1.38 bits per heavy atom. The van der Waals surface area contributed by atoms with Gasteiger partial charge in [-0.15, -0.1) is 12.4 Å². The van der Waals surface area contributed by atoms with E-state index in [-0.39, 0.29) is 35.2 Å². The molecule has 3 aliphatic rings. The Morgan fingerprint density at radius 2 is 2.15 bits per heavy atom. The Labute approximate surface area is 159 Å². The van der Waals surface area contributed by atoms with E-state index in [1.165, 1.54) is 13.5 Å². The first kappa shape index (κ1) is 19.2. The summed E-state index contributed by atoms with van der Waals surface area (Å²) in [5.41, 5.74) is 6.24. The standard InChI is InChI=1S/C18H26N4O3.ClH/c1-25-15(23)14-5-9-22(20-14)13-4-2-8-21(10-13)16(24)18(12-19)11-17(18)6-3-7-17;/h5,9,13H,2-4,6-8,10-12,19H2,1H3;1H. The Kier molecular flexibility index (Phi) is 5.05. The van der Waals surface area contributed by atoms with Gasteiger partial charge in [0.05, 0.1) is 18.6 Å². The summed E-state index contributed by atoms with van der Waals surface area (Å²) in [7, 11) is 1.35. The molecule has 7 nitrogen and oxygen atoms in total. The Bertz CT molecular complexity index is 702. The van der Waals surface area contributed by atoms with Crippen molar-refractivity contribution in [2.24, 2.45) is 16.6 Å². The highest BCUT2D eigenvalue weighted by molar-refractivity contribution is 5.88. The van der Waals surface area contributed by atoms with Crippen molar-refractivity contribution in [3.63, 3.8) is 0 Å². The molecule has 2 heterocycles. The molecular formula is C18H27ClN4O3. The van der Waals surface area contributed by atoms with Crippen molar-refractivity contribution in [3.05, 3.63) is 18.0 Å². The summed E-state index contributed by atoms with van der Waals surface area (Å²) < 4.78 is 6.51. The van der Waals surface area contributed by atoms with Crippen molar-refractivity contribution < 1.29 is 14.3 Å². The van der Waals surface area contributed by atoms with Crippen LogP contribution in [-0.4, -0.2) is 53.3 Å². The molecule has 1 aromatic heterocycles. The predicted octanol–water partition coefficient (Wildman–Crippen LogP) is 1.77. The van der Waals surface area contributed by atoms with Gasteiger partial charge in [-0.2, -0.15) is 5.10 Å². The van der Waals surface area contributed by atoms with Crippen molar-refractivity contribution in [3.8, 4) is 0 Å². The Morgan fingerprint density at radius 3 is 2.73 bits per heavy atom. The highest BCUT2D eigenvalue weighted by atomic mass is 35.5. The van der Waals surface area contributed by atoms with E-state index in [9.17, 15) is 9.59 Å². The molecule has 1 aromatic rings. The van der Waals surface area contributed by atoms with Crippen LogP contribution in [0.3, 0.4) is 0 Å². The number of hydrogen-bond acceptors (Lipinski definition) is 5. The van der Waals surface area contributed by atoms with Gasteiger partial charge in [0.25, 0.3) is 0 Å². The first-order chi connectivity index (χ1) is 12.0. The first-order valence-corrected chi connectivity index (χ1v) is 9.18. The minimum Gasteiger partial charge on any atom is -0.464 e. The summed E-state index contributed by atoms with van der Waals surface area (Å²) in [5.74, 6) is -0.200. The number of hydrogen-bond donors (Lipinski definition) is 1. The summed E-state index contributed by atoms with van der Waals surface area (Å²) in [6.45, 7) is 1.89. The fraction of sp³-hybridized carbons (Fsp3) is 0.722.